The molecule has 0 unspecified atom stereocenters. The van der Waals surface area contributed by atoms with Crippen LogP contribution in [0.4, 0.5) is 5.69 Å². The molecule has 1 heterocycles. The van der Waals surface area contributed by atoms with Crippen LogP contribution in [0.25, 0.3) is 0 Å². The zero-order valence-corrected chi connectivity index (χ0v) is 11.3. The molecule has 1 aromatic rings. The van der Waals surface area contributed by atoms with Gasteiger partial charge in [-0.15, -0.1) is 0 Å². The Labute approximate surface area is 114 Å². The molecule has 0 saturated carbocycles. The van der Waals surface area contributed by atoms with Crippen LogP contribution in [0.15, 0.2) is 24.3 Å². The molecule has 0 radical (unpaired) electrons. The van der Waals surface area contributed by atoms with Gasteiger partial charge in [-0.25, -0.2) is 0 Å². The first-order valence-electron chi connectivity index (χ1n) is 6.95. The van der Waals surface area contributed by atoms with Gasteiger partial charge < -0.3 is 15.4 Å². The summed E-state index contributed by atoms with van der Waals surface area (Å²) in [5.74, 6) is 0.109. The zero-order chi connectivity index (χ0) is 13.5. The summed E-state index contributed by atoms with van der Waals surface area (Å²) in [5, 5.41) is 0. The highest BCUT2D eigenvalue weighted by Gasteiger charge is 2.15. The third-order valence-corrected chi connectivity index (χ3v) is 3.43. The van der Waals surface area contributed by atoms with Gasteiger partial charge in [0.1, 0.15) is 6.61 Å². The maximum absolute atomic E-state index is 12.0. The van der Waals surface area contributed by atoms with Crippen LogP contribution in [0.5, 0.6) is 0 Å². The number of likely N-dealkylation sites (tertiary alicyclic amines) is 1. The first kappa shape index (κ1) is 13.9. The number of anilines is 1. The second-order valence-corrected chi connectivity index (χ2v) is 5.03. The Morgan fingerprint density at radius 1 is 1.11 bits per heavy atom. The molecule has 1 amide bonds. The number of carbonyl (C=O) groups excluding carboxylic acids is 1. The van der Waals surface area contributed by atoms with E-state index in [1.54, 1.807) is 0 Å². The van der Waals surface area contributed by atoms with Crippen molar-refractivity contribution in [1.29, 1.82) is 0 Å². The average Bonchev–Trinajstić information content (AvgIpc) is 2.70. The molecule has 1 saturated heterocycles. The van der Waals surface area contributed by atoms with E-state index in [2.05, 4.69) is 0 Å². The second kappa shape index (κ2) is 7.14. The summed E-state index contributed by atoms with van der Waals surface area (Å²) in [6.45, 7) is 2.39. The lowest BCUT2D eigenvalue weighted by atomic mass is 10.2. The first-order chi connectivity index (χ1) is 9.25. The van der Waals surface area contributed by atoms with E-state index in [1.807, 2.05) is 29.2 Å². The summed E-state index contributed by atoms with van der Waals surface area (Å²) in [5.41, 5.74) is 7.39. The number of benzene rings is 1. The van der Waals surface area contributed by atoms with Crippen molar-refractivity contribution in [2.45, 2.75) is 32.3 Å². The Bertz CT molecular complexity index is 395. The number of nitrogen functional groups attached to an aromatic ring is 1. The summed E-state index contributed by atoms with van der Waals surface area (Å²) in [6.07, 6.45) is 4.69. The summed E-state index contributed by atoms with van der Waals surface area (Å²) in [6, 6.07) is 7.53. The van der Waals surface area contributed by atoms with E-state index in [0.29, 0.717) is 6.61 Å². The zero-order valence-electron chi connectivity index (χ0n) is 11.3. The second-order valence-electron chi connectivity index (χ2n) is 5.03. The molecule has 1 aromatic carbocycles. The number of ether oxygens (including phenoxy) is 1. The lowest BCUT2D eigenvalue weighted by Gasteiger charge is -2.20. The number of hydrogen-bond acceptors (Lipinski definition) is 3. The predicted molar refractivity (Wildman–Crippen MR) is 75.6 cm³/mol. The highest BCUT2D eigenvalue weighted by atomic mass is 16.5. The number of carbonyl (C=O) groups is 1. The van der Waals surface area contributed by atoms with Crippen LogP contribution in [0.2, 0.25) is 0 Å². The van der Waals surface area contributed by atoms with E-state index in [9.17, 15) is 4.79 Å². The number of rotatable bonds is 4. The molecule has 4 heteroatoms. The van der Waals surface area contributed by atoms with Gasteiger partial charge in [-0.2, -0.15) is 0 Å². The molecule has 0 bridgehead atoms. The molecule has 1 aliphatic rings. The average molecular weight is 262 g/mol. The van der Waals surface area contributed by atoms with Crippen LogP contribution in [-0.2, 0) is 16.1 Å². The summed E-state index contributed by atoms with van der Waals surface area (Å²) >= 11 is 0. The minimum absolute atomic E-state index is 0.109. The molecule has 0 aliphatic carbocycles. The molecule has 2 N–H and O–H groups in total. The van der Waals surface area contributed by atoms with Crippen molar-refractivity contribution in [2.75, 3.05) is 25.4 Å². The van der Waals surface area contributed by atoms with Gasteiger partial charge in [-0.1, -0.05) is 25.0 Å². The van der Waals surface area contributed by atoms with Gasteiger partial charge in [0.2, 0.25) is 5.91 Å². The molecule has 0 atom stereocenters. The van der Waals surface area contributed by atoms with Crippen LogP contribution < -0.4 is 5.73 Å². The Morgan fingerprint density at radius 2 is 1.74 bits per heavy atom. The van der Waals surface area contributed by atoms with E-state index in [4.69, 9.17) is 10.5 Å². The third-order valence-electron chi connectivity index (χ3n) is 3.43. The molecule has 0 spiro atoms. The summed E-state index contributed by atoms with van der Waals surface area (Å²) in [7, 11) is 0. The standard InChI is InChI=1S/C15H22N2O2/c16-14-7-5-13(6-8-14)11-19-12-15(18)17-9-3-1-2-4-10-17/h5-8H,1-4,9-12,16H2. The Kier molecular flexibility index (Phi) is 5.21. The van der Waals surface area contributed by atoms with E-state index in [-0.39, 0.29) is 12.5 Å². The van der Waals surface area contributed by atoms with Gasteiger partial charge in [-0.05, 0) is 30.5 Å². The Balaban J connectivity index is 1.72. The van der Waals surface area contributed by atoms with Gasteiger partial charge >= 0.3 is 0 Å². The van der Waals surface area contributed by atoms with Gasteiger partial charge in [0.25, 0.3) is 0 Å². The number of hydrogen-bond donors (Lipinski definition) is 1. The fourth-order valence-corrected chi connectivity index (χ4v) is 2.28. The van der Waals surface area contributed by atoms with Crippen LogP contribution in [0.3, 0.4) is 0 Å². The van der Waals surface area contributed by atoms with E-state index in [1.165, 1.54) is 12.8 Å². The van der Waals surface area contributed by atoms with Crippen molar-refractivity contribution in [3.63, 3.8) is 0 Å². The molecule has 104 valence electrons. The highest BCUT2D eigenvalue weighted by Crippen LogP contribution is 2.10. The monoisotopic (exact) mass is 262 g/mol. The van der Waals surface area contributed by atoms with Crippen LogP contribution in [-0.4, -0.2) is 30.5 Å². The van der Waals surface area contributed by atoms with Crippen molar-refractivity contribution >= 4 is 11.6 Å². The molecule has 1 fully saturated rings. The number of nitrogens with two attached hydrogens (primary N) is 1. The Morgan fingerprint density at radius 3 is 2.37 bits per heavy atom. The van der Waals surface area contributed by atoms with Gasteiger partial charge in [0, 0.05) is 18.8 Å². The van der Waals surface area contributed by atoms with Gasteiger partial charge in [-0.3, -0.25) is 4.79 Å². The SMILES string of the molecule is Nc1ccc(COCC(=O)N2CCCCCC2)cc1. The highest BCUT2D eigenvalue weighted by molar-refractivity contribution is 5.77. The fourth-order valence-electron chi connectivity index (χ4n) is 2.28. The lowest BCUT2D eigenvalue weighted by Crippen LogP contribution is -2.34. The van der Waals surface area contributed by atoms with Crippen LogP contribution >= 0.6 is 0 Å². The molecule has 2 rings (SSSR count). The smallest absolute Gasteiger partial charge is 0.248 e. The maximum Gasteiger partial charge on any atom is 0.248 e. The molecule has 4 nitrogen and oxygen atoms in total. The van der Waals surface area contributed by atoms with Crippen molar-refractivity contribution in [1.82, 2.24) is 4.90 Å². The molecular weight excluding hydrogens is 240 g/mol. The minimum atomic E-state index is 0.109. The lowest BCUT2D eigenvalue weighted by molar-refractivity contribution is -0.136. The molecule has 19 heavy (non-hydrogen) atoms. The maximum atomic E-state index is 12.0. The van der Waals surface area contributed by atoms with Crippen molar-refractivity contribution < 1.29 is 9.53 Å². The topological polar surface area (TPSA) is 55.6 Å². The number of amides is 1. The summed E-state index contributed by atoms with van der Waals surface area (Å²) < 4.78 is 5.48. The van der Waals surface area contributed by atoms with Crippen molar-refractivity contribution in [3.8, 4) is 0 Å². The normalized spacial score (nSPS) is 16.1. The molecular formula is C15H22N2O2. The summed E-state index contributed by atoms with van der Waals surface area (Å²) in [4.78, 5) is 13.9. The molecule has 0 aromatic heterocycles. The van der Waals surface area contributed by atoms with Crippen LogP contribution in [0.1, 0.15) is 31.2 Å². The van der Waals surface area contributed by atoms with E-state index < -0.39 is 0 Å². The largest absolute Gasteiger partial charge is 0.399 e. The fraction of sp³-hybridized carbons (Fsp3) is 0.533. The first-order valence-corrected chi connectivity index (χ1v) is 6.95. The number of nitrogens with zero attached hydrogens (tertiary/aromatic N) is 1. The van der Waals surface area contributed by atoms with Crippen molar-refractivity contribution in [2.24, 2.45) is 0 Å². The van der Waals surface area contributed by atoms with Gasteiger partial charge in [0.05, 0.1) is 6.61 Å². The van der Waals surface area contributed by atoms with E-state index >= 15 is 0 Å². The van der Waals surface area contributed by atoms with Crippen molar-refractivity contribution in [3.05, 3.63) is 29.8 Å². The minimum Gasteiger partial charge on any atom is -0.399 e. The molecule has 1 aliphatic heterocycles. The predicted octanol–water partition coefficient (Wildman–Crippen LogP) is 2.19. The quantitative estimate of drug-likeness (QED) is 0.846. The van der Waals surface area contributed by atoms with Crippen LogP contribution in [0, 0.1) is 0 Å². The van der Waals surface area contributed by atoms with E-state index in [0.717, 1.165) is 37.2 Å². The van der Waals surface area contributed by atoms with Gasteiger partial charge in [0.15, 0.2) is 0 Å². The third kappa shape index (κ3) is 4.56. The Hall–Kier alpha value is -1.55.